The molecule has 2 aliphatic rings. The zero-order valence-corrected chi connectivity index (χ0v) is 23.6. The molecule has 1 saturated carbocycles. The van der Waals surface area contributed by atoms with Crippen molar-refractivity contribution in [2.24, 2.45) is 18.4 Å². The first-order valence-electron chi connectivity index (χ1n) is 12.5. The summed E-state index contributed by atoms with van der Waals surface area (Å²) >= 11 is 1.05. The zero-order valence-electron chi connectivity index (χ0n) is 21.9. The first-order valence-corrected chi connectivity index (χ1v) is 14.8. The van der Waals surface area contributed by atoms with E-state index < -0.39 is 27.9 Å². The molecule has 2 aromatic heterocycles. The first-order chi connectivity index (χ1) is 17.3. The summed E-state index contributed by atoms with van der Waals surface area (Å²) in [4.78, 5) is 32.3. The van der Waals surface area contributed by atoms with Crippen LogP contribution in [0.3, 0.4) is 0 Å². The number of sulfonamides is 1. The van der Waals surface area contributed by atoms with Gasteiger partial charge in [0.15, 0.2) is 5.03 Å². The van der Waals surface area contributed by atoms with E-state index in [0.29, 0.717) is 16.4 Å². The van der Waals surface area contributed by atoms with Crippen LogP contribution in [0.5, 0.6) is 0 Å². The number of hydrogen-bond acceptors (Lipinski definition) is 6. The molecule has 1 N–H and O–H groups in total. The van der Waals surface area contributed by atoms with Gasteiger partial charge in [-0.15, -0.1) is 11.3 Å². The van der Waals surface area contributed by atoms with Crippen molar-refractivity contribution in [3.05, 3.63) is 27.8 Å². The Kier molecular flexibility index (Phi) is 7.57. The van der Waals surface area contributed by atoms with E-state index in [1.165, 1.54) is 10.5 Å². The smallest absolute Gasteiger partial charge is 0.348 e. The van der Waals surface area contributed by atoms with Crippen LogP contribution >= 0.6 is 11.3 Å². The molecule has 1 saturated heterocycles. The standard InChI is InChI=1S/C26H34N4O5S2/c1-17-27-22(15-28(17)5)37(34,35)29-14-21(18-9-7-6-8-10-18)30(23(31)16-29)20-13-19(11-12-26(2,3)4)36-24(20)25(32)33/h13,15,18,21H,6-10,14,16H2,1-5H3,(H,32,33). The van der Waals surface area contributed by atoms with Crippen LogP contribution in [-0.2, 0) is 21.9 Å². The molecule has 1 unspecified atom stereocenters. The van der Waals surface area contributed by atoms with Crippen molar-refractivity contribution in [2.45, 2.75) is 70.9 Å². The highest BCUT2D eigenvalue weighted by atomic mass is 32.2. The SMILES string of the molecule is Cc1nc(S(=O)(=O)N2CC(=O)N(c3cc(C#CC(C)(C)C)sc3C(=O)O)C(C3CCCCC3)C2)cn1C. The summed E-state index contributed by atoms with van der Waals surface area (Å²) in [7, 11) is -2.28. The van der Waals surface area contributed by atoms with Gasteiger partial charge in [-0.1, -0.05) is 31.1 Å². The zero-order chi connectivity index (χ0) is 27.1. The molecule has 0 bridgehead atoms. The topological polar surface area (TPSA) is 113 Å². The van der Waals surface area contributed by atoms with Gasteiger partial charge < -0.3 is 14.6 Å². The van der Waals surface area contributed by atoms with Gasteiger partial charge in [0.25, 0.3) is 10.0 Å². The number of carbonyl (C=O) groups excluding carboxylic acids is 1. The van der Waals surface area contributed by atoms with E-state index in [1.54, 1.807) is 29.5 Å². The van der Waals surface area contributed by atoms with Crippen molar-refractivity contribution in [1.82, 2.24) is 13.9 Å². The number of anilines is 1. The van der Waals surface area contributed by atoms with Gasteiger partial charge in [0.2, 0.25) is 5.91 Å². The van der Waals surface area contributed by atoms with Gasteiger partial charge in [0.1, 0.15) is 10.7 Å². The molecule has 11 heteroatoms. The van der Waals surface area contributed by atoms with Gasteiger partial charge in [0.05, 0.1) is 23.2 Å². The lowest BCUT2D eigenvalue weighted by molar-refractivity contribution is -0.121. The Morgan fingerprint density at radius 3 is 2.46 bits per heavy atom. The number of imidazole rings is 1. The Balaban J connectivity index is 1.76. The van der Waals surface area contributed by atoms with Crippen molar-refractivity contribution in [1.29, 1.82) is 0 Å². The lowest BCUT2D eigenvalue weighted by atomic mass is 9.82. The Bertz CT molecular complexity index is 1350. The molecule has 2 fully saturated rings. The molecule has 3 heterocycles. The van der Waals surface area contributed by atoms with E-state index in [9.17, 15) is 23.1 Å². The van der Waals surface area contributed by atoms with Crippen LogP contribution in [0.1, 0.15) is 73.2 Å². The number of thiophene rings is 1. The Labute approximate surface area is 222 Å². The van der Waals surface area contributed by atoms with E-state index in [4.69, 9.17) is 0 Å². The van der Waals surface area contributed by atoms with E-state index in [0.717, 1.165) is 43.4 Å². The second-order valence-corrected chi connectivity index (χ2v) is 13.8. The number of amides is 1. The van der Waals surface area contributed by atoms with E-state index in [-0.39, 0.29) is 34.3 Å². The number of aromatic nitrogens is 2. The predicted octanol–water partition coefficient (Wildman–Crippen LogP) is 3.87. The Morgan fingerprint density at radius 1 is 1.22 bits per heavy atom. The number of rotatable bonds is 5. The van der Waals surface area contributed by atoms with Crippen molar-refractivity contribution in [2.75, 3.05) is 18.0 Å². The van der Waals surface area contributed by atoms with Crippen LogP contribution in [0.2, 0.25) is 0 Å². The number of piperazine rings is 1. The molecule has 1 atom stereocenters. The molecular weight excluding hydrogens is 512 g/mol. The van der Waals surface area contributed by atoms with Gasteiger partial charge in [-0.2, -0.15) is 4.31 Å². The fourth-order valence-electron chi connectivity index (χ4n) is 4.95. The summed E-state index contributed by atoms with van der Waals surface area (Å²) < 4.78 is 29.8. The fourth-order valence-corrected chi connectivity index (χ4v) is 7.22. The summed E-state index contributed by atoms with van der Waals surface area (Å²) in [5.41, 5.74) is 0.0414. The van der Waals surface area contributed by atoms with Crippen molar-refractivity contribution in [3.8, 4) is 11.8 Å². The molecule has 37 heavy (non-hydrogen) atoms. The molecule has 1 amide bonds. The molecular formula is C26H34N4O5S2. The van der Waals surface area contributed by atoms with E-state index in [2.05, 4.69) is 16.8 Å². The second-order valence-electron chi connectivity index (χ2n) is 10.9. The van der Waals surface area contributed by atoms with Gasteiger partial charge in [-0.3, -0.25) is 4.79 Å². The fraction of sp³-hybridized carbons (Fsp3) is 0.577. The summed E-state index contributed by atoms with van der Waals surface area (Å²) in [5.74, 6) is 5.24. The highest BCUT2D eigenvalue weighted by Gasteiger charge is 2.44. The largest absolute Gasteiger partial charge is 0.477 e. The first kappa shape index (κ1) is 27.4. The van der Waals surface area contributed by atoms with Gasteiger partial charge >= 0.3 is 5.97 Å². The minimum absolute atomic E-state index is 0.0454. The van der Waals surface area contributed by atoms with Crippen LogP contribution in [0.15, 0.2) is 17.3 Å². The summed E-state index contributed by atoms with van der Waals surface area (Å²) in [5, 5.41) is 9.90. The molecule has 0 radical (unpaired) electrons. The number of carboxylic acid groups (broad SMARTS) is 1. The summed E-state index contributed by atoms with van der Waals surface area (Å²) in [6.45, 7) is 7.34. The van der Waals surface area contributed by atoms with Gasteiger partial charge in [-0.25, -0.2) is 18.2 Å². The number of carbonyl (C=O) groups is 2. The van der Waals surface area contributed by atoms with Crippen molar-refractivity contribution in [3.63, 3.8) is 0 Å². The maximum absolute atomic E-state index is 13.7. The molecule has 9 nitrogen and oxygen atoms in total. The third kappa shape index (κ3) is 5.76. The van der Waals surface area contributed by atoms with Crippen LogP contribution in [0.25, 0.3) is 0 Å². The average molecular weight is 547 g/mol. The third-order valence-corrected chi connectivity index (χ3v) is 9.63. The predicted molar refractivity (Wildman–Crippen MR) is 142 cm³/mol. The Hall–Kier alpha value is -2.68. The molecule has 200 valence electrons. The summed E-state index contributed by atoms with van der Waals surface area (Å²) in [6, 6.07) is 1.20. The van der Waals surface area contributed by atoms with Crippen LogP contribution in [0, 0.1) is 30.1 Å². The van der Waals surface area contributed by atoms with E-state index >= 15 is 0 Å². The van der Waals surface area contributed by atoms with Gasteiger partial charge in [0, 0.05) is 25.2 Å². The quantitative estimate of drug-likeness (QED) is 0.570. The van der Waals surface area contributed by atoms with Crippen LogP contribution in [0.4, 0.5) is 5.69 Å². The number of hydrogen-bond donors (Lipinski definition) is 1. The number of aryl methyl sites for hydroxylation is 2. The van der Waals surface area contributed by atoms with Crippen molar-refractivity contribution < 1.29 is 23.1 Å². The van der Waals surface area contributed by atoms with Gasteiger partial charge in [-0.05, 0) is 52.5 Å². The molecule has 0 spiro atoms. The monoisotopic (exact) mass is 546 g/mol. The highest BCUT2D eigenvalue weighted by Crippen LogP contribution is 2.39. The molecule has 2 aromatic rings. The summed E-state index contributed by atoms with van der Waals surface area (Å²) in [6.07, 6.45) is 6.25. The van der Waals surface area contributed by atoms with Crippen molar-refractivity contribution >= 4 is 38.9 Å². The van der Waals surface area contributed by atoms with E-state index in [1.807, 2.05) is 20.8 Å². The lowest BCUT2D eigenvalue weighted by Crippen LogP contribution is -2.60. The lowest BCUT2D eigenvalue weighted by Gasteiger charge is -2.44. The second kappa shape index (κ2) is 10.2. The maximum Gasteiger partial charge on any atom is 0.348 e. The number of nitrogens with zero attached hydrogens (tertiary/aromatic N) is 4. The molecule has 0 aromatic carbocycles. The molecule has 1 aliphatic heterocycles. The Morgan fingerprint density at radius 2 is 1.89 bits per heavy atom. The number of aromatic carboxylic acids is 1. The minimum atomic E-state index is -4.00. The third-order valence-electron chi connectivity index (χ3n) is 6.91. The van der Waals surface area contributed by atoms with Crippen LogP contribution in [-0.4, -0.2) is 58.4 Å². The van der Waals surface area contributed by atoms with Crippen LogP contribution < -0.4 is 4.90 Å². The normalized spacial score (nSPS) is 20.1. The minimum Gasteiger partial charge on any atom is -0.477 e. The molecule has 4 rings (SSSR count). The molecule has 1 aliphatic carbocycles. The average Bonchev–Trinajstić information content (AvgIpc) is 3.41. The number of carboxylic acids is 1. The maximum atomic E-state index is 13.7. The highest BCUT2D eigenvalue weighted by molar-refractivity contribution is 7.89.